The predicted octanol–water partition coefficient (Wildman–Crippen LogP) is 1.48. The minimum absolute atomic E-state index is 0. The second-order valence-corrected chi connectivity index (χ2v) is 8.20. The highest BCUT2D eigenvalue weighted by Crippen LogP contribution is 2.16. The van der Waals surface area contributed by atoms with Crippen LogP contribution in [0.15, 0.2) is 4.99 Å². The Bertz CT molecular complexity index is 468. The van der Waals surface area contributed by atoms with E-state index in [1.54, 1.807) is 0 Å². The summed E-state index contributed by atoms with van der Waals surface area (Å²) in [5.41, 5.74) is 5.45. The van der Waals surface area contributed by atoms with E-state index >= 15 is 0 Å². The molecular weight excluding hydrogens is 467 g/mol. The third kappa shape index (κ3) is 9.73. The number of rotatable bonds is 9. The van der Waals surface area contributed by atoms with Gasteiger partial charge in [-0.2, -0.15) is 0 Å². The topological polar surface area (TPSA) is 86.0 Å². The molecule has 0 bridgehead atoms. The molecule has 4 N–H and O–H groups in total. The maximum atomic E-state index is 11.4. The van der Waals surface area contributed by atoms with Crippen molar-refractivity contribution < 1.29 is 4.79 Å². The fourth-order valence-electron chi connectivity index (χ4n) is 4.02. The van der Waals surface area contributed by atoms with Crippen molar-refractivity contribution in [3.63, 3.8) is 0 Å². The van der Waals surface area contributed by atoms with Crippen LogP contribution in [0.2, 0.25) is 0 Å². The largest absolute Gasteiger partial charge is 0.369 e. The lowest BCUT2D eigenvalue weighted by atomic mass is 9.97. The van der Waals surface area contributed by atoms with E-state index in [1.165, 1.54) is 32.5 Å². The molecular formula is C20H41IN6O. The first-order chi connectivity index (χ1) is 13.1. The highest BCUT2D eigenvalue weighted by molar-refractivity contribution is 14.0. The molecule has 164 valence electrons. The van der Waals surface area contributed by atoms with Gasteiger partial charge in [-0.3, -0.25) is 9.79 Å². The van der Waals surface area contributed by atoms with Crippen LogP contribution in [0.1, 0.15) is 45.4 Å². The molecule has 0 aromatic carbocycles. The van der Waals surface area contributed by atoms with Crippen LogP contribution in [0, 0.1) is 11.8 Å². The Labute approximate surface area is 188 Å². The standard InChI is InChI=1S/C20H40N6O.HI/c1-17-7-14-25(15-8-17)12-4-9-23-20(22-2)24-10-5-13-26-11-3-6-18(16-26)19(21)27;/h17-18H,3-16H2,1-2H3,(H2,21,27)(H2,22,23,24);1H. The van der Waals surface area contributed by atoms with Crippen molar-refractivity contribution in [2.75, 3.05) is 59.4 Å². The minimum Gasteiger partial charge on any atom is -0.369 e. The van der Waals surface area contributed by atoms with Gasteiger partial charge in [0.1, 0.15) is 0 Å². The molecule has 2 rings (SSSR count). The second kappa shape index (κ2) is 14.4. The van der Waals surface area contributed by atoms with Crippen LogP contribution in [0.3, 0.4) is 0 Å². The Morgan fingerprint density at radius 3 is 2.21 bits per heavy atom. The zero-order valence-electron chi connectivity index (χ0n) is 17.8. The molecule has 0 radical (unpaired) electrons. The van der Waals surface area contributed by atoms with Crippen LogP contribution in [0.25, 0.3) is 0 Å². The lowest BCUT2D eigenvalue weighted by molar-refractivity contribution is -0.123. The summed E-state index contributed by atoms with van der Waals surface area (Å²) in [7, 11) is 1.82. The summed E-state index contributed by atoms with van der Waals surface area (Å²) in [4.78, 5) is 20.6. The fourth-order valence-corrected chi connectivity index (χ4v) is 4.02. The third-order valence-corrected chi connectivity index (χ3v) is 5.89. The number of carbonyl (C=O) groups excluding carboxylic acids is 1. The zero-order chi connectivity index (χ0) is 19.5. The van der Waals surface area contributed by atoms with Gasteiger partial charge in [-0.05, 0) is 77.2 Å². The van der Waals surface area contributed by atoms with E-state index in [9.17, 15) is 4.79 Å². The molecule has 7 nitrogen and oxygen atoms in total. The third-order valence-electron chi connectivity index (χ3n) is 5.89. The van der Waals surface area contributed by atoms with Crippen LogP contribution < -0.4 is 16.4 Å². The molecule has 0 spiro atoms. The molecule has 0 aromatic heterocycles. The number of guanidine groups is 1. The number of carbonyl (C=O) groups is 1. The second-order valence-electron chi connectivity index (χ2n) is 8.20. The lowest BCUT2D eigenvalue weighted by Gasteiger charge is -2.31. The van der Waals surface area contributed by atoms with Gasteiger partial charge in [0.05, 0.1) is 5.92 Å². The van der Waals surface area contributed by atoms with Gasteiger partial charge in [0.2, 0.25) is 5.91 Å². The first-order valence-corrected chi connectivity index (χ1v) is 10.8. The van der Waals surface area contributed by atoms with Crippen molar-refractivity contribution in [1.29, 1.82) is 0 Å². The summed E-state index contributed by atoms with van der Waals surface area (Å²) in [6.45, 7) is 10.8. The first kappa shape index (κ1) is 25.4. The quantitative estimate of drug-likeness (QED) is 0.190. The molecule has 1 atom stereocenters. The minimum atomic E-state index is -0.151. The Hall–Kier alpha value is -0.610. The molecule has 0 saturated carbocycles. The van der Waals surface area contributed by atoms with Crippen LogP contribution >= 0.6 is 24.0 Å². The van der Waals surface area contributed by atoms with Crippen molar-refractivity contribution in [2.24, 2.45) is 22.6 Å². The van der Waals surface area contributed by atoms with Crippen LogP contribution in [-0.4, -0.2) is 81.1 Å². The normalized spacial score (nSPS) is 22.5. The number of aliphatic imine (C=N–C) groups is 1. The molecule has 2 fully saturated rings. The summed E-state index contributed by atoms with van der Waals surface area (Å²) in [5.74, 6) is 1.66. The first-order valence-electron chi connectivity index (χ1n) is 10.8. The monoisotopic (exact) mass is 508 g/mol. The highest BCUT2D eigenvalue weighted by atomic mass is 127. The number of nitrogens with two attached hydrogens (primary N) is 1. The van der Waals surface area contributed by atoms with E-state index in [4.69, 9.17) is 5.73 Å². The molecule has 0 aliphatic carbocycles. The number of halogens is 1. The average molecular weight is 508 g/mol. The molecule has 1 amide bonds. The van der Waals surface area contributed by atoms with Gasteiger partial charge in [0.15, 0.2) is 5.96 Å². The van der Waals surface area contributed by atoms with Crippen molar-refractivity contribution in [3.05, 3.63) is 0 Å². The molecule has 1 unspecified atom stereocenters. The Kier molecular flexibility index (Phi) is 13.1. The summed E-state index contributed by atoms with van der Waals surface area (Å²) in [6.07, 6.45) is 6.88. The number of likely N-dealkylation sites (tertiary alicyclic amines) is 2. The zero-order valence-corrected chi connectivity index (χ0v) is 20.1. The molecule has 8 heteroatoms. The summed E-state index contributed by atoms with van der Waals surface area (Å²) < 4.78 is 0. The molecule has 2 aliphatic heterocycles. The van der Waals surface area contributed by atoms with Gasteiger partial charge in [0.25, 0.3) is 0 Å². The van der Waals surface area contributed by atoms with E-state index in [2.05, 4.69) is 32.3 Å². The van der Waals surface area contributed by atoms with E-state index < -0.39 is 0 Å². The lowest BCUT2D eigenvalue weighted by Crippen LogP contribution is -2.43. The highest BCUT2D eigenvalue weighted by Gasteiger charge is 2.23. The van der Waals surface area contributed by atoms with E-state index in [1.807, 2.05) is 7.05 Å². The maximum Gasteiger partial charge on any atom is 0.221 e. The fraction of sp³-hybridized carbons (Fsp3) is 0.900. The van der Waals surface area contributed by atoms with Gasteiger partial charge in [-0.1, -0.05) is 6.92 Å². The van der Waals surface area contributed by atoms with E-state index in [-0.39, 0.29) is 35.8 Å². The molecule has 2 heterocycles. The summed E-state index contributed by atoms with van der Waals surface area (Å²) >= 11 is 0. The van der Waals surface area contributed by atoms with Crippen LogP contribution in [0.4, 0.5) is 0 Å². The predicted molar refractivity (Wildman–Crippen MR) is 127 cm³/mol. The maximum absolute atomic E-state index is 11.4. The summed E-state index contributed by atoms with van der Waals surface area (Å²) in [6, 6.07) is 0. The van der Waals surface area contributed by atoms with Crippen molar-refractivity contribution in [3.8, 4) is 0 Å². The van der Waals surface area contributed by atoms with E-state index in [0.717, 1.165) is 70.3 Å². The Morgan fingerprint density at radius 2 is 1.64 bits per heavy atom. The van der Waals surface area contributed by atoms with Gasteiger partial charge in [-0.15, -0.1) is 24.0 Å². The number of hydrogen-bond donors (Lipinski definition) is 3. The molecule has 0 aromatic rings. The molecule has 2 aliphatic rings. The smallest absolute Gasteiger partial charge is 0.221 e. The average Bonchev–Trinajstić information content (AvgIpc) is 2.68. The number of nitrogens with zero attached hydrogens (tertiary/aromatic N) is 3. The SMILES string of the molecule is CN=C(NCCCN1CCC(C)CC1)NCCCN1CCCC(C(N)=O)C1.I. The summed E-state index contributed by atoms with van der Waals surface area (Å²) in [5, 5.41) is 6.81. The number of nitrogens with one attached hydrogen (secondary N) is 2. The van der Waals surface area contributed by atoms with Gasteiger partial charge in [-0.25, -0.2) is 0 Å². The number of hydrogen-bond acceptors (Lipinski definition) is 4. The van der Waals surface area contributed by atoms with Crippen LogP contribution in [0.5, 0.6) is 0 Å². The van der Waals surface area contributed by atoms with Crippen molar-refractivity contribution in [1.82, 2.24) is 20.4 Å². The van der Waals surface area contributed by atoms with Gasteiger partial charge >= 0.3 is 0 Å². The van der Waals surface area contributed by atoms with Crippen LogP contribution in [-0.2, 0) is 4.79 Å². The Morgan fingerprint density at radius 1 is 1.04 bits per heavy atom. The Balaban J connectivity index is 0.00000392. The van der Waals surface area contributed by atoms with Crippen molar-refractivity contribution >= 4 is 35.8 Å². The number of primary amides is 1. The van der Waals surface area contributed by atoms with Gasteiger partial charge in [0, 0.05) is 26.7 Å². The molecule has 28 heavy (non-hydrogen) atoms. The number of piperidine rings is 2. The van der Waals surface area contributed by atoms with Crippen molar-refractivity contribution in [2.45, 2.75) is 45.4 Å². The molecule has 2 saturated heterocycles. The van der Waals surface area contributed by atoms with E-state index in [0.29, 0.717) is 0 Å². The number of amides is 1. The van der Waals surface area contributed by atoms with Gasteiger partial charge < -0.3 is 26.2 Å².